The van der Waals surface area contributed by atoms with Crippen LogP contribution in [0.25, 0.3) is 0 Å². The van der Waals surface area contributed by atoms with Crippen molar-refractivity contribution in [1.82, 2.24) is 14.9 Å². The Labute approximate surface area is 151 Å². The van der Waals surface area contributed by atoms with Crippen molar-refractivity contribution in [3.63, 3.8) is 0 Å². The van der Waals surface area contributed by atoms with Crippen molar-refractivity contribution < 1.29 is 9.00 Å². The van der Waals surface area contributed by atoms with Crippen LogP contribution in [0.5, 0.6) is 0 Å². The van der Waals surface area contributed by atoms with Gasteiger partial charge in [-0.1, -0.05) is 13.3 Å². The Morgan fingerprint density at radius 1 is 1.32 bits per heavy atom. The number of piperazine rings is 1. The smallest absolute Gasteiger partial charge is 0.241 e. The monoisotopic (exact) mass is 365 g/mol. The number of nitrogens with one attached hydrogen (secondary N) is 1. The predicted molar refractivity (Wildman–Crippen MR) is 100 cm³/mol. The van der Waals surface area contributed by atoms with E-state index in [4.69, 9.17) is 0 Å². The number of carbonyl (C=O) groups is 1. The van der Waals surface area contributed by atoms with Gasteiger partial charge in [-0.2, -0.15) is 0 Å². The first-order valence-corrected chi connectivity index (χ1v) is 10.4. The molecule has 2 fully saturated rings. The zero-order valence-corrected chi connectivity index (χ0v) is 15.8. The molecule has 3 rings (SSSR count). The molecule has 1 aromatic rings. The summed E-state index contributed by atoms with van der Waals surface area (Å²) in [5, 5.41) is 3.77. The molecular weight excluding hydrogens is 338 g/mol. The van der Waals surface area contributed by atoms with Crippen LogP contribution in [0, 0.1) is 0 Å². The second kappa shape index (κ2) is 8.12. The van der Waals surface area contributed by atoms with Crippen molar-refractivity contribution in [1.29, 1.82) is 0 Å². The molecule has 1 N–H and O–H groups in total. The van der Waals surface area contributed by atoms with Crippen molar-refractivity contribution in [3.8, 4) is 0 Å². The normalized spacial score (nSPS) is 25.8. The summed E-state index contributed by atoms with van der Waals surface area (Å²) in [6.45, 7) is 3.83. The Kier molecular flexibility index (Phi) is 5.88. The number of nitrogens with zero attached hydrogens (tertiary/aromatic N) is 4. The minimum absolute atomic E-state index is 0.108. The number of hydrogen-bond donors (Lipinski definition) is 1. The molecule has 8 heteroatoms. The lowest BCUT2D eigenvalue weighted by atomic mass is 9.95. The molecule has 0 spiro atoms. The zero-order chi connectivity index (χ0) is 17.8. The number of carbonyl (C=O) groups excluding carboxylic acids is 1. The third-order valence-corrected chi connectivity index (χ3v) is 6.81. The Hall–Kier alpha value is -1.70. The Balaban J connectivity index is 1.64. The van der Waals surface area contributed by atoms with E-state index in [-0.39, 0.29) is 11.2 Å². The molecular formula is C17H27N5O2S. The fourth-order valence-electron chi connectivity index (χ4n) is 3.51. The van der Waals surface area contributed by atoms with E-state index in [0.29, 0.717) is 19.1 Å². The highest BCUT2D eigenvalue weighted by molar-refractivity contribution is 7.85. The maximum atomic E-state index is 12.1. The molecule has 3 unspecified atom stereocenters. The standard InChI is InChI=1S/C17H27N5O2S/c1-3-25(24)14-6-4-5-13(9-14)20-15-10-16(19-12-18-15)22-8-7-21(2)17(23)11-22/h10,12-14H,3-9,11H2,1-2H3,(H,18,19,20). The fraction of sp³-hybridized carbons (Fsp3) is 0.706. The summed E-state index contributed by atoms with van der Waals surface area (Å²) >= 11 is 0. The van der Waals surface area contributed by atoms with Crippen molar-refractivity contribution in [2.75, 3.05) is 42.7 Å². The molecule has 0 radical (unpaired) electrons. The molecule has 25 heavy (non-hydrogen) atoms. The van der Waals surface area contributed by atoms with E-state index in [2.05, 4.69) is 15.3 Å². The highest BCUT2D eigenvalue weighted by Gasteiger charge is 2.26. The average Bonchev–Trinajstić information content (AvgIpc) is 2.64. The van der Waals surface area contributed by atoms with E-state index in [9.17, 15) is 9.00 Å². The fourth-order valence-corrected chi connectivity index (χ4v) is 4.86. The predicted octanol–water partition coefficient (Wildman–Crippen LogP) is 1.25. The minimum atomic E-state index is -0.731. The maximum absolute atomic E-state index is 12.1. The number of anilines is 2. The largest absolute Gasteiger partial charge is 0.367 e. The van der Waals surface area contributed by atoms with Gasteiger partial charge in [0.05, 0.1) is 6.54 Å². The lowest BCUT2D eigenvalue weighted by Gasteiger charge is -2.33. The van der Waals surface area contributed by atoms with Gasteiger partial charge in [-0.05, 0) is 19.3 Å². The van der Waals surface area contributed by atoms with Gasteiger partial charge in [0.25, 0.3) is 0 Å². The molecule has 1 aliphatic carbocycles. The third-order valence-electron chi connectivity index (χ3n) is 5.07. The molecule has 2 heterocycles. The summed E-state index contributed by atoms with van der Waals surface area (Å²) in [6.07, 6.45) is 5.69. The van der Waals surface area contributed by atoms with Gasteiger partial charge in [-0.3, -0.25) is 9.00 Å². The van der Waals surface area contributed by atoms with Crippen molar-refractivity contribution in [2.24, 2.45) is 0 Å². The van der Waals surface area contributed by atoms with E-state index in [0.717, 1.165) is 49.6 Å². The topological polar surface area (TPSA) is 78.4 Å². The molecule has 1 aromatic heterocycles. The van der Waals surface area contributed by atoms with Gasteiger partial charge in [-0.15, -0.1) is 0 Å². The highest BCUT2D eigenvalue weighted by atomic mass is 32.2. The Morgan fingerprint density at radius 2 is 2.16 bits per heavy atom. The molecule has 138 valence electrons. The molecule has 1 amide bonds. The Morgan fingerprint density at radius 3 is 2.92 bits per heavy atom. The summed E-state index contributed by atoms with van der Waals surface area (Å²) in [4.78, 5) is 24.3. The van der Waals surface area contributed by atoms with Crippen LogP contribution in [0.4, 0.5) is 11.6 Å². The van der Waals surface area contributed by atoms with Crippen LogP contribution in [-0.2, 0) is 15.6 Å². The second-order valence-electron chi connectivity index (χ2n) is 6.80. The lowest BCUT2D eigenvalue weighted by molar-refractivity contribution is -0.129. The van der Waals surface area contributed by atoms with Crippen LogP contribution >= 0.6 is 0 Å². The van der Waals surface area contributed by atoms with Gasteiger partial charge < -0.3 is 15.1 Å². The van der Waals surface area contributed by atoms with Crippen LogP contribution in [0.15, 0.2) is 12.4 Å². The van der Waals surface area contributed by atoms with Gasteiger partial charge in [0.15, 0.2) is 0 Å². The van der Waals surface area contributed by atoms with Crippen molar-refractivity contribution >= 4 is 28.3 Å². The average molecular weight is 366 g/mol. The van der Waals surface area contributed by atoms with Gasteiger partial charge in [0.2, 0.25) is 5.91 Å². The van der Waals surface area contributed by atoms with E-state index < -0.39 is 10.8 Å². The molecule has 2 aliphatic rings. The zero-order valence-electron chi connectivity index (χ0n) is 15.0. The van der Waals surface area contributed by atoms with E-state index >= 15 is 0 Å². The molecule has 1 aliphatic heterocycles. The maximum Gasteiger partial charge on any atom is 0.241 e. The highest BCUT2D eigenvalue weighted by Crippen LogP contribution is 2.26. The van der Waals surface area contributed by atoms with Crippen LogP contribution in [0.3, 0.4) is 0 Å². The number of likely N-dealkylation sites (N-methyl/N-ethyl adjacent to an activating group) is 1. The SMILES string of the molecule is CCS(=O)C1CCCC(Nc2cc(N3CCN(C)C(=O)C3)ncn2)C1. The first-order valence-electron chi connectivity index (χ1n) is 9.01. The number of amides is 1. The van der Waals surface area contributed by atoms with Crippen molar-refractivity contribution in [2.45, 2.75) is 43.9 Å². The summed E-state index contributed by atoms with van der Waals surface area (Å²) in [5.41, 5.74) is 0. The van der Waals surface area contributed by atoms with Crippen LogP contribution in [-0.4, -0.2) is 68.7 Å². The van der Waals surface area contributed by atoms with Gasteiger partial charge >= 0.3 is 0 Å². The van der Waals surface area contributed by atoms with Crippen molar-refractivity contribution in [3.05, 3.63) is 12.4 Å². The van der Waals surface area contributed by atoms with E-state index in [1.165, 1.54) is 0 Å². The van der Waals surface area contributed by atoms with Crippen LogP contribution in [0.2, 0.25) is 0 Å². The minimum Gasteiger partial charge on any atom is -0.367 e. The molecule has 0 aromatic carbocycles. The second-order valence-corrected chi connectivity index (χ2v) is 8.80. The quantitative estimate of drug-likeness (QED) is 0.846. The van der Waals surface area contributed by atoms with Crippen LogP contribution in [0.1, 0.15) is 32.6 Å². The number of rotatable bonds is 5. The summed E-state index contributed by atoms with van der Waals surface area (Å²) in [6, 6.07) is 2.21. The van der Waals surface area contributed by atoms with Gasteiger partial charge in [0.1, 0.15) is 18.0 Å². The summed E-state index contributed by atoms with van der Waals surface area (Å²) in [5.74, 6) is 2.40. The number of hydrogen-bond acceptors (Lipinski definition) is 6. The first-order chi connectivity index (χ1) is 12.1. The molecule has 7 nitrogen and oxygen atoms in total. The number of aromatic nitrogens is 2. The third kappa shape index (κ3) is 4.48. The summed E-state index contributed by atoms with van der Waals surface area (Å²) in [7, 11) is 1.09. The molecule has 0 bridgehead atoms. The molecule has 1 saturated carbocycles. The van der Waals surface area contributed by atoms with Gasteiger partial charge in [-0.25, -0.2) is 9.97 Å². The Bertz CT molecular complexity index is 641. The molecule has 3 atom stereocenters. The van der Waals surface area contributed by atoms with Crippen LogP contribution < -0.4 is 10.2 Å². The summed E-state index contributed by atoms with van der Waals surface area (Å²) < 4.78 is 12.1. The first kappa shape index (κ1) is 18.1. The molecule has 1 saturated heterocycles. The lowest BCUT2D eigenvalue weighted by Crippen LogP contribution is -2.48. The van der Waals surface area contributed by atoms with E-state index in [1.54, 1.807) is 11.2 Å². The van der Waals surface area contributed by atoms with Gasteiger partial charge in [0, 0.05) is 54.0 Å². The van der Waals surface area contributed by atoms with E-state index in [1.807, 2.05) is 24.9 Å².